The zero-order valence-electron chi connectivity index (χ0n) is 38.3. The fourth-order valence-corrected chi connectivity index (χ4v) is 15.2. The van der Waals surface area contributed by atoms with E-state index in [1.54, 1.807) is 17.0 Å². The number of amides is 1. The van der Waals surface area contributed by atoms with Gasteiger partial charge in [-0.1, -0.05) is 91.6 Å². The standard InChI is InChI=1S/C50H73ClN2O7/c1-29(2)40-35(54)27-50(38(55)28-53(25-24-52(10)11)42(56)30-14-12-13-15-34(30)51)23-22-48(8)31(41(40)50)16-17-37-47(7)20-19-39(46(5,6)36(47)18-21-49(37,48)9)60-44(59)33-26-32(43(57)58)45(33,3)4/h12-15,29,31-33,36-39,55H,16-28H2,1-11H3,(H,57,58)/t31-,32+,33-,36+,37-,38+,39+,47+,48-,49-,50+/m1/s1. The van der Waals surface area contributed by atoms with Crippen molar-refractivity contribution in [2.24, 2.45) is 68.0 Å². The Balaban J connectivity index is 1.16. The van der Waals surface area contributed by atoms with Crippen molar-refractivity contribution in [2.75, 3.05) is 33.7 Å². The number of carboxylic acid groups (broad SMARTS) is 1. The zero-order chi connectivity index (χ0) is 44.1. The molecular formula is C50H73ClN2O7. The Morgan fingerprint density at radius 1 is 0.850 bits per heavy atom. The number of Topliss-reactive ketones (excluding diaryl/α,β-unsaturated/α-hetero) is 1. The summed E-state index contributed by atoms with van der Waals surface area (Å²) in [5.41, 5.74) is 0.821. The van der Waals surface area contributed by atoms with Crippen molar-refractivity contribution < 1.29 is 34.1 Å². The molecule has 60 heavy (non-hydrogen) atoms. The van der Waals surface area contributed by atoms with Crippen molar-refractivity contribution in [3.8, 4) is 0 Å². The van der Waals surface area contributed by atoms with Crippen molar-refractivity contribution in [1.29, 1.82) is 0 Å². The summed E-state index contributed by atoms with van der Waals surface area (Å²) in [5.74, 6) is -1.11. The lowest BCUT2D eigenvalue weighted by atomic mass is 9.33. The number of carboxylic acids is 1. The lowest BCUT2D eigenvalue weighted by molar-refractivity contribution is -0.238. The molecule has 5 saturated carbocycles. The quantitative estimate of drug-likeness (QED) is 0.211. The fourth-order valence-electron chi connectivity index (χ4n) is 15.0. The molecule has 0 bridgehead atoms. The van der Waals surface area contributed by atoms with Crippen LogP contribution in [0.1, 0.15) is 137 Å². The Bertz CT molecular complexity index is 1940. The maximum atomic E-state index is 14.4. The van der Waals surface area contributed by atoms with Gasteiger partial charge in [0.15, 0.2) is 5.78 Å². The number of hydrogen-bond acceptors (Lipinski definition) is 7. The lowest BCUT2D eigenvalue weighted by Crippen LogP contribution is -2.66. The molecule has 9 nitrogen and oxygen atoms in total. The van der Waals surface area contributed by atoms with Crippen molar-refractivity contribution in [1.82, 2.24) is 9.80 Å². The number of carbonyl (C=O) groups excluding carboxylic acids is 3. The molecule has 0 unspecified atom stereocenters. The van der Waals surface area contributed by atoms with Crippen LogP contribution in [0.2, 0.25) is 5.02 Å². The molecule has 5 fully saturated rings. The average Bonchev–Trinajstić information content (AvgIpc) is 3.47. The molecule has 0 spiro atoms. The van der Waals surface area contributed by atoms with Crippen LogP contribution in [-0.4, -0.2) is 89.6 Å². The predicted molar refractivity (Wildman–Crippen MR) is 234 cm³/mol. The first-order valence-corrected chi connectivity index (χ1v) is 23.3. The second-order valence-corrected chi connectivity index (χ2v) is 23.1. The van der Waals surface area contributed by atoms with E-state index in [1.165, 1.54) is 5.57 Å². The predicted octanol–water partition coefficient (Wildman–Crippen LogP) is 9.34. The van der Waals surface area contributed by atoms with Gasteiger partial charge in [0.25, 0.3) is 5.91 Å². The number of hydrogen-bond donors (Lipinski definition) is 2. The Kier molecular flexibility index (Phi) is 11.7. The topological polar surface area (TPSA) is 124 Å². The van der Waals surface area contributed by atoms with E-state index in [0.29, 0.717) is 48.4 Å². The van der Waals surface area contributed by atoms with Gasteiger partial charge >= 0.3 is 11.9 Å². The van der Waals surface area contributed by atoms with Gasteiger partial charge in [0.2, 0.25) is 0 Å². The summed E-state index contributed by atoms with van der Waals surface area (Å²) in [6.45, 7) is 21.4. The third-order valence-electron chi connectivity index (χ3n) is 18.8. The smallest absolute Gasteiger partial charge is 0.309 e. The molecule has 1 amide bonds. The number of esters is 1. The van der Waals surface area contributed by atoms with Gasteiger partial charge in [0, 0.05) is 36.9 Å². The van der Waals surface area contributed by atoms with Crippen LogP contribution in [-0.2, 0) is 19.1 Å². The number of nitrogens with zero attached hydrogens (tertiary/aromatic N) is 2. The van der Waals surface area contributed by atoms with Gasteiger partial charge < -0.3 is 24.7 Å². The Morgan fingerprint density at radius 2 is 1.53 bits per heavy atom. The van der Waals surface area contributed by atoms with Gasteiger partial charge in [-0.15, -0.1) is 0 Å². The Labute approximate surface area is 364 Å². The maximum Gasteiger partial charge on any atom is 0.309 e. The van der Waals surface area contributed by atoms with Gasteiger partial charge in [-0.25, -0.2) is 0 Å². The SMILES string of the molecule is CC(C)C1=C2[C@H]3CC[C@@H]4[C@@]5(C)CC[C@H](OC(=O)[C@H]6C[C@@H](C(=O)O)C6(C)C)C(C)(C)[C@@H]5CC[C@@]4(C)[C@]3(C)CC[C@@]2([C@@H](O)CN(CCN(C)C)C(=O)c2ccccc2Cl)CC1=O. The van der Waals surface area contributed by atoms with Crippen molar-refractivity contribution in [3.05, 3.63) is 46.0 Å². The normalized spacial score (nSPS) is 38.3. The molecule has 1 aromatic rings. The Hall–Kier alpha value is -2.75. The van der Waals surface area contributed by atoms with Gasteiger partial charge in [-0.2, -0.15) is 0 Å². The number of benzene rings is 1. The van der Waals surface area contributed by atoms with Gasteiger partial charge in [-0.3, -0.25) is 19.2 Å². The number of halogens is 1. The molecular weight excluding hydrogens is 776 g/mol. The fraction of sp³-hybridized carbons (Fsp3) is 0.760. The maximum absolute atomic E-state index is 14.4. The minimum absolute atomic E-state index is 0.0157. The number of fused-ring (bicyclic) bond motifs is 7. The monoisotopic (exact) mass is 849 g/mol. The first-order valence-electron chi connectivity index (χ1n) is 23.0. The van der Waals surface area contributed by atoms with E-state index >= 15 is 0 Å². The second-order valence-electron chi connectivity index (χ2n) is 22.7. The third-order valence-corrected chi connectivity index (χ3v) is 19.1. The molecule has 332 valence electrons. The molecule has 0 aliphatic heterocycles. The van der Waals surface area contributed by atoms with E-state index in [2.05, 4.69) is 48.5 Å². The zero-order valence-corrected chi connectivity index (χ0v) is 39.1. The largest absolute Gasteiger partial charge is 0.481 e. The molecule has 11 atom stereocenters. The number of ketones is 1. The summed E-state index contributed by atoms with van der Waals surface area (Å²) >= 11 is 6.56. The molecule has 0 aromatic heterocycles. The number of allylic oxidation sites excluding steroid dienone is 1. The lowest BCUT2D eigenvalue weighted by Gasteiger charge is -2.72. The average molecular weight is 850 g/mol. The summed E-state index contributed by atoms with van der Waals surface area (Å²) in [4.78, 5) is 57.8. The number of carbonyl (C=O) groups is 4. The molecule has 0 heterocycles. The first kappa shape index (κ1) is 45.3. The molecule has 6 aliphatic carbocycles. The molecule has 10 heteroatoms. The number of aliphatic hydroxyl groups is 1. The van der Waals surface area contributed by atoms with Crippen LogP contribution in [0, 0.1) is 68.0 Å². The number of aliphatic hydroxyl groups excluding tert-OH is 1. The summed E-state index contributed by atoms with van der Waals surface area (Å²) in [5, 5.41) is 22.8. The molecule has 6 aliphatic rings. The van der Waals surface area contributed by atoms with Crippen LogP contribution in [0.25, 0.3) is 0 Å². The van der Waals surface area contributed by atoms with E-state index in [1.807, 2.05) is 45.0 Å². The molecule has 2 N–H and O–H groups in total. The highest BCUT2D eigenvalue weighted by molar-refractivity contribution is 6.33. The van der Waals surface area contributed by atoms with E-state index < -0.39 is 34.7 Å². The van der Waals surface area contributed by atoms with E-state index in [0.717, 1.165) is 50.5 Å². The minimum Gasteiger partial charge on any atom is -0.481 e. The van der Waals surface area contributed by atoms with Crippen LogP contribution in [0.4, 0.5) is 0 Å². The number of rotatable bonds is 11. The van der Waals surface area contributed by atoms with Gasteiger partial charge in [0.05, 0.1) is 28.5 Å². The third kappa shape index (κ3) is 6.75. The highest BCUT2D eigenvalue weighted by Gasteiger charge is 2.71. The van der Waals surface area contributed by atoms with Crippen molar-refractivity contribution in [2.45, 2.75) is 139 Å². The van der Waals surface area contributed by atoms with E-state index in [9.17, 15) is 29.4 Å². The summed E-state index contributed by atoms with van der Waals surface area (Å²) in [6, 6.07) is 7.10. The van der Waals surface area contributed by atoms with E-state index in [4.69, 9.17) is 16.3 Å². The molecule has 0 radical (unpaired) electrons. The minimum atomic E-state index is -0.913. The van der Waals surface area contributed by atoms with Crippen LogP contribution >= 0.6 is 11.6 Å². The first-order chi connectivity index (χ1) is 27.9. The highest BCUT2D eigenvalue weighted by atomic mass is 35.5. The number of ether oxygens (including phenoxy) is 1. The number of likely N-dealkylation sites (N-methyl/N-ethyl adjacent to an activating group) is 1. The molecule has 7 rings (SSSR count). The van der Waals surface area contributed by atoms with E-state index in [-0.39, 0.29) is 70.2 Å². The van der Waals surface area contributed by atoms with Crippen LogP contribution in [0.3, 0.4) is 0 Å². The van der Waals surface area contributed by atoms with Crippen molar-refractivity contribution in [3.63, 3.8) is 0 Å². The van der Waals surface area contributed by atoms with Crippen LogP contribution in [0.5, 0.6) is 0 Å². The number of aliphatic carboxylic acids is 1. The summed E-state index contributed by atoms with van der Waals surface area (Å²) in [6.07, 6.45) is 6.91. The van der Waals surface area contributed by atoms with Crippen LogP contribution in [0.15, 0.2) is 35.4 Å². The van der Waals surface area contributed by atoms with Gasteiger partial charge in [0.1, 0.15) is 6.10 Å². The summed E-state index contributed by atoms with van der Waals surface area (Å²) in [7, 11) is 3.95. The highest BCUT2D eigenvalue weighted by Crippen LogP contribution is 2.77. The second kappa shape index (κ2) is 15.5. The van der Waals surface area contributed by atoms with Crippen LogP contribution < -0.4 is 0 Å². The molecule has 0 saturated heterocycles. The Morgan fingerprint density at radius 3 is 2.15 bits per heavy atom. The molecule has 1 aromatic carbocycles. The van der Waals surface area contributed by atoms with Crippen molar-refractivity contribution >= 4 is 35.2 Å². The van der Waals surface area contributed by atoms with Gasteiger partial charge in [-0.05, 0) is 135 Å². The summed E-state index contributed by atoms with van der Waals surface area (Å²) < 4.78 is 6.43.